The van der Waals surface area contributed by atoms with E-state index >= 15 is 0 Å². The minimum absolute atomic E-state index is 0.0993. The van der Waals surface area contributed by atoms with Crippen molar-refractivity contribution in [2.75, 3.05) is 6.61 Å². The molecule has 23 heavy (non-hydrogen) atoms. The van der Waals surface area contributed by atoms with Gasteiger partial charge in [0, 0.05) is 0 Å². The normalized spacial score (nSPS) is 13.3. The summed E-state index contributed by atoms with van der Waals surface area (Å²) in [5, 5.41) is 7.03. The monoisotopic (exact) mass is 314 g/mol. The van der Waals surface area contributed by atoms with Crippen LogP contribution in [-0.4, -0.2) is 33.4 Å². The van der Waals surface area contributed by atoms with E-state index in [0.29, 0.717) is 6.61 Å². The molecule has 1 N–H and O–H groups in total. The van der Waals surface area contributed by atoms with Gasteiger partial charge in [-0.3, -0.25) is 4.79 Å². The van der Waals surface area contributed by atoms with Gasteiger partial charge in [0.2, 0.25) is 5.91 Å². The van der Waals surface area contributed by atoms with Gasteiger partial charge in [-0.15, -0.1) is 6.58 Å². The molecule has 1 heterocycles. The molecule has 2 rings (SSSR count). The number of rotatable bonds is 8. The topological polar surface area (TPSA) is 69.0 Å². The van der Waals surface area contributed by atoms with Crippen LogP contribution in [0.4, 0.5) is 0 Å². The number of benzene rings is 1. The van der Waals surface area contributed by atoms with Crippen molar-refractivity contribution in [2.45, 2.75) is 32.4 Å². The molecule has 1 amide bonds. The fourth-order valence-electron chi connectivity index (χ4n) is 2.08. The summed E-state index contributed by atoms with van der Waals surface area (Å²) >= 11 is 0. The van der Waals surface area contributed by atoms with Crippen LogP contribution in [0.15, 0.2) is 49.6 Å². The molecule has 0 aliphatic heterocycles. The van der Waals surface area contributed by atoms with Gasteiger partial charge in [0.1, 0.15) is 18.8 Å². The number of hydrogen-bond acceptors (Lipinski definition) is 4. The molecule has 0 aliphatic rings. The molecule has 6 heteroatoms. The van der Waals surface area contributed by atoms with E-state index < -0.39 is 6.10 Å². The first-order valence-corrected chi connectivity index (χ1v) is 7.59. The number of carbonyl (C=O) groups is 1. The second-order valence-electron chi connectivity index (χ2n) is 5.25. The third kappa shape index (κ3) is 4.75. The van der Waals surface area contributed by atoms with Crippen molar-refractivity contribution >= 4 is 5.91 Å². The maximum Gasteiger partial charge on any atom is 0.249 e. The zero-order valence-electron chi connectivity index (χ0n) is 13.5. The standard InChI is InChI=1S/C17H22N4O2/c1-4-5-10-23-14(3)17(22)20-13(2)15-6-8-16(9-7-15)21-12-18-11-19-21/h4,6-9,11-14H,1,5,10H2,2-3H3,(H,20,22)/t13-,14+/m1/s1. The van der Waals surface area contributed by atoms with E-state index in [-0.39, 0.29) is 11.9 Å². The maximum absolute atomic E-state index is 12.1. The summed E-state index contributed by atoms with van der Waals surface area (Å²) in [6, 6.07) is 7.71. The van der Waals surface area contributed by atoms with Gasteiger partial charge >= 0.3 is 0 Å². The predicted octanol–water partition coefficient (Wildman–Crippen LogP) is 2.43. The van der Waals surface area contributed by atoms with E-state index in [9.17, 15) is 4.79 Å². The van der Waals surface area contributed by atoms with Gasteiger partial charge in [0.15, 0.2) is 0 Å². The Labute approximate surface area is 136 Å². The SMILES string of the molecule is C=CCCO[C@@H](C)C(=O)N[C@H](C)c1ccc(-n2cncn2)cc1. The summed E-state index contributed by atoms with van der Waals surface area (Å²) in [7, 11) is 0. The summed E-state index contributed by atoms with van der Waals surface area (Å²) < 4.78 is 7.13. The van der Waals surface area contributed by atoms with Gasteiger partial charge in [0.25, 0.3) is 0 Å². The quantitative estimate of drug-likeness (QED) is 0.600. The molecular weight excluding hydrogens is 292 g/mol. The number of hydrogen-bond donors (Lipinski definition) is 1. The van der Waals surface area contributed by atoms with Crippen LogP contribution >= 0.6 is 0 Å². The van der Waals surface area contributed by atoms with Crippen molar-refractivity contribution in [1.29, 1.82) is 0 Å². The molecule has 0 bridgehead atoms. The molecule has 1 aromatic heterocycles. The highest BCUT2D eigenvalue weighted by atomic mass is 16.5. The summed E-state index contributed by atoms with van der Waals surface area (Å²) in [5.74, 6) is -0.123. The van der Waals surface area contributed by atoms with Crippen LogP contribution in [0.25, 0.3) is 5.69 Å². The van der Waals surface area contributed by atoms with Gasteiger partial charge in [-0.2, -0.15) is 5.10 Å². The van der Waals surface area contributed by atoms with Crippen LogP contribution in [0.2, 0.25) is 0 Å². The number of nitrogens with one attached hydrogen (secondary N) is 1. The minimum Gasteiger partial charge on any atom is -0.368 e. The summed E-state index contributed by atoms with van der Waals surface area (Å²) in [6.45, 7) is 7.82. The fourth-order valence-corrected chi connectivity index (χ4v) is 2.08. The summed E-state index contributed by atoms with van der Waals surface area (Å²) in [5.41, 5.74) is 1.94. The lowest BCUT2D eigenvalue weighted by Crippen LogP contribution is -2.36. The Bertz CT molecular complexity index is 623. The van der Waals surface area contributed by atoms with Crippen molar-refractivity contribution in [3.63, 3.8) is 0 Å². The predicted molar refractivity (Wildman–Crippen MR) is 88.1 cm³/mol. The fraction of sp³-hybridized carbons (Fsp3) is 0.353. The zero-order valence-corrected chi connectivity index (χ0v) is 13.5. The maximum atomic E-state index is 12.1. The lowest BCUT2D eigenvalue weighted by molar-refractivity contribution is -0.132. The van der Waals surface area contributed by atoms with E-state index in [2.05, 4.69) is 22.0 Å². The van der Waals surface area contributed by atoms with Crippen LogP contribution in [-0.2, 0) is 9.53 Å². The minimum atomic E-state index is -0.480. The smallest absolute Gasteiger partial charge is 0.249 e. The van der Waals surface area contributed by atoms with E-state index in [4.69, 9.17) is 4.74 Å². The van der Waals surface area contributed by atoms with Crippen molar-refractivity contribution < 1.29 is 9.53 Å². The average Bonchev–Trinajstić information content (AvgIpc) is 3.09. The first-order chi connectivity index (χ1) is 11.1. The van der Waals surface area contributed by atoms with Crippen LogP contribution in [0, 0.1) is 0 Å². The van der Waals surface area contributed by atoms with Gasteiger partial charge in [-0.25, -0.2) is 9.67 Å². The molecule has 0 unspecified atom stereocenters. The Morgan fingerprint density at radius 2 is 2.13 bits per heavy atom. The average molecular weight is 314 g/mol. The highest BCUT2D eigenvalue weighted by molar-refractivity contribution is 5.80. The van der Waals surface area contributed by atoms with E-state index in [1.54, 1.807) is 24.0 Å². The number of ether oxygens (including phenoxy) is 1. The lowest BCUT2D eigenvalue weighted by Gasteiger charge is -2.18. The van der Waals surface area contributed by atoms with Gasteiger partial charge < -0.3 is 10.1 Å². The van der Waals surface area contributed by atoms with Crippen molar-refractivity contribution in [2.24, 2.45) is 0 Å². The molecule has 2 atom stereocenters. The summed E-state index contributed by atoms with van der Waals surface area (Å²) in [4.78, 5) is 16.0. The molecule has 0 radical (unpaired) electrons. The Kier molecular flexibility index (Phi) is 6.05. The van der Waals surface area contributed by atoms with E-state index in [0.717, 1.165) is 17.7 Å². The van der Waals surface area contributed by atoms with Crippen molar-refractivity contribution in [1.82, 2.24) is 20.1 Å². The number of carbonyl (C=O) groups excluding carboxylic acids is 1. The lowest BCUT2D eigenvalue weighted by atomic mass is 10.1. The molecule has 2 aromatic rings. The van der Waals surface area contributed by atoms with Crippen LogP contribution in [0.1, 0.15) is 31.9 Å². The number of aromatic nitrogens is 3. The van der Waals surface area contributed by atoms with E-state index in [1.165, 1.54) is 6.33 Å². The molecular formula is C17H22N4O2. The van der Waals surface area contributed by atoms with Crippen LogP contribution < -0.4 is 5.32 Å². The molecule has 6 nitrogen and oxygen atoms in total. The Morgan fingerprint density at radius 1 is 1.39 bits per heavy atom. The molecule has 0 saturated heterocycles. The third-order valence-corrected chi connectivity index (χ3v) is 3.49. The first-order valence-electron chi connectivity index (χ1n) is 7.59. The van der Waals surface area contributed by atoms with Crippen LogP contribution in [0.3, 0.4) is 0 Å². The van der Waals surface area contributed by atoms with E-state index in [1.807, 2.05) is 31.2 Å². The Balaban J connectivity index is 1.91. The van der Waals surface area contributed by atoms with Gasteiger partial charge in [-0.05, 0) is 38.0 Å². The van der Waals surface area contributed by atoms with Crippen molar-refractivity contribution in [3.05, 3.63) is 55.1 Å². The molecule has 0 fully saturated rings. The van der Waals surface area contributed by atoms with Crippen molar-refractivity contribution in [3.8, 4) is 5.69 Å². The van der Waals surface area contributed by atoms with Crippen LogP contribution in [0.5, 0.6) is 0 Å². The third-order valence-electron chi connectivity index (χ3n) is 3.49. The highest BCUT2D eigenvalue weighted by Crippen LogP contribution is 2.15. The molecule has 0 spiro atoms. The summed E-state index contributed by atoms with van der Waals surface area (Å²) in [6.07, 6.45) is 5.15. The number of amides is 1. The van der Waals surface area contributed by atoms with Gasteiger partial charge in [-0.1, -0.05) is 18.2 Å². The number of nitrogens with zero attached hydrogens (tertiary/aromatic N) is 3. The second-order valence-corrected chi connectivity index (χ2v) is 5.25. The highest BCUT2D eigenvalue weighted by Gasteiger charge is 2.16. The largest absolute Gasteiger partial charge is 0.368 e. The molecule has 0 aliphatic carbocycles. The molecule has 0 saturated carbocycles. The molecule has 122 valence electrons. The van der Waals surface area contributed by atoms with Gasteiger partial charge in [0.05, 0.1) is 18.3 Å². The molecule has 1 aromatic carbocycles. The zero-order chi connectivity index (χ0) is 16.7. The first kappa shape index (κ1) is 16.9. The second kappa shape index (κ2) is 8.24. The Morgan fingerprint density at radius 3 is 2.74 bits per heavy atom. The Hall–Kier alpha value is -2.47.